The monoisotopic (exact) mass is 368 g/mol. The van der Waals surface area contributed by atoms with Gasteiger partial charge >= 0.3 is 6.03 Å². The summed E-state index contributed by atoms with van der Waals surface area (Å²) < 4.78 is 24.5. The van der Waals surface area contributed by atoms with Gasteiger partial charge in [-0.05, 0) is 40.9 Å². The number of sulfone groups is 1. The maximum Gasteiger partial charge on any atom is 0.318 e. The van der Waals surface area contributed by atoms with Crippen LogP contribution in [0.3, 0.4) is 0 Å². The minimum atomic E-state index is -3.08. The Kier molecular flexibility index (Phi) is 5.07. The first-order valence-corrected chi connectivity index (χ1v) is 10.5. The third kappa shape index (κ3) is 3.88. The standard InChI is InChI=1S/C16H20N2O4S2/c19-6-5-18(14-4-8-24(21,22)11-14)16(20)17-10-12-1-2-15-13(9-12)3-7-23-15/h1-3,7,9,14,19H,4-6,8,10-11H2,(H,17,20)/t14-/m0/s1. The Balaban J connectivity index is 1.64. The summed E-state index contributed by atoms with van der Waals surface area (Å²) in [6.07, 6.45) is 0.427. The van der Waals surface area contributed by atoms with E-state index in [-0.39, 0.29) is 36.7 Å². The number of rotatable bonds is 5. The Hall–Kier alpha value is -1.64. The zero-order valence-electron chi connectivity index (χ0n) is 13.1. The third-order valence-corrected chi connectivity index (χ3v) is 6.86. The summed E-state index contributed by atoms with van der Waals surface area (Å²) in [5, 5.41) is 15.2. The topological polar surface area (TPSA) is 86.7 Å². The number of aliphatic hydroxyl groups is 1. The first-order valence-electron chi connectivity index (χ1n) is 7.80. The molecular weight excluding hydrogens is 348 g/mol. The molecule has 0 unspecified atom stereocenters. The van der Waals surface area contributed by atoms with Crippen LogP contribution in [0, 0.1) is 0 Å². The largest absolute Gasteiger partial charge is 0.395 e. The van der Waals surface area contributed by atoms with Crippen molar-refractivity contribution in [1.82, 2.24) is 10.2 Å². The lowest BCUT2D eigenvalue weighted by atomic mass is 10.1. The average Bonchev–Trinajstić information content (AvgIpc) is 3.15. The van der Waals surface area contributed by atoms with Crippen molar-refractivity contribution >= 4 is 37.3 Å². The van der Waals surface area contributed by atoms with Crippen LogP contribution in [0.25, 0.3) is 10.1 Å². The van der Waals surface area contributed by atoms with E-state index in [2.05, 4.69) is 5.32 Å². The van der Waals surface area contributed by atoms with E-state index >= 15 is 0 Å². The van der Waals surface area contributed by atoms with Crippen LogP contribution in [-0.2, 0) is 16.4 Å². The van der Waals surface area contributed by atoms with Gasteiger partial charge < -0.3 is 15.3 Å². The molecule has 0 spiro atoms. The van der Waals surface area contributed by atoms with Crippen molar-refractivity contribution in [1.29, 1.82) is 0 Å². The van der Waals surface area contributed by atoms with Crippen LogP contribution < -0.4 is 5.32 Å². The molecule has 1 aliphatic heterocycles. The van der Waals surface area contributed by atoms with E-state index in [1.165, 1.54) is 9.60 Å². The summed E-state index contributed by atoms with van der Waals surface area (Å²) in [6, 6.07) is 7.36. The van der Waals surface area contributed by atoms with E-state index in [4.69, 9.17) is 0 Å². The number of nitrogens with zero attached hydrogens (tertiary/aromatic N) is 1. The van der Waals surface area contributed by atoms with Crippen molar-refractivity contribution in [3.8, 4) is 0 Å². The molecule has 1 aromatic carbocycles. The smallest absolute Gasteiger partial charge is 0.318 e. The van der Waals surface area contributed by atoms with E-state index in [0.29, 0.717) is 13.0 Å². The number of thiophene rings is 1. The molecule has 1 aromatic heterocycles. The van der Waals surface area contributed by atoms with Crippen LogP contribution in [0.4, 0.5) is 4.79 Å². The zero-order chi connectivity index (χ0) is 17.2. The molecule has 2 N–H and O–H groups in total. The summed E-state index contributed by atoms with van der Waals surface area (Å²) in [5.41, 5.74) is 0.984. The Morgan fingerprint density at radius 3 is 2.92 bits per heavy atom. The summed E-state index contributed by atoms with van der Waals surface area (Å²) in [6.45, 7) is 0.312. The normalized spacial score (nSPS) is 19.5. The highest BCUT2D eigenvalue weighted by molar-refractivity contribution is 7.91. The van der Waals surface area contributed by atoms with Gasteiger partial charge in [0.2, 0.25) is 0 Å². The van der Waals surface area contributed by atoms with Gasteiger partial charge in [0.1, 0.15) is 0 Å². The van der Waals surface area contributed by atoms with Gasteiger partial charge in [-0.25, -0.2) is 13.2 Å². The first-order chi connectivity index (χ1) is 11.5. The molecule has 130 valence electrons. The number of benzene rings is 1. The number of urea groups is 1. The molecule has 0 radical (unpaired) electrons. The van der Waals surface area contributed by atoms with Crippen LogP contribution in [-0.4, -0.2) is 55.2 Å². The van der Waals surface area contributed by atoms with E-state index in [1.807, 2.05) is 29.6 Å². The lowest BCUT2D eigenvalue weighted by Crippen LogP contribution is -2.47. The Labute approximate surface area is 145 Å². The van der Waals surface area contributed by atoms with E-state index in [0.717, 1.165) is 10.9 Å². The molecule has 24 heavy (non-hydrogen) atoms. The Bertz CT molecular complexity index is 831. The minimum Gasteiger partial charge on any atom is -0.395 e. The van der Waals surface area contributed by atoms with Crippen molar-refractivity contribution in [2.24, 2.45) is 0 Å². The van der Waals surface area contributed by atoms with Crippen molar-refractivity contribution in [3.63, 3.8) is 0 Å². The van der Waals surface area contributed by atoms with Crippen LogP contribution >= 0.6 is 11.3 Å². The maximum absolute atomic E-state index is 12.4. The van der Waals surface area contributed by atoms with Crippen molar-refractivity contribution < 1.29 is 18.3 Å². The van der Waals surface area contributed by atoms with E-state index in [9.17, 15) is 18.3 Å². The number of hydrogen-bond donors (Lipinski definition) is 2. The van der Waals surface area contributed by atoms with Crippen molar-refractivity contribution in [3.05, 3.63) is 35.2 Å². The first kappa shape index (κ1) is 17.2. The highest BCUT2D eigenvalue weighted by atomic mass is 32.2. The Morgan fingerprint density at radius 2 is 2.21 bits per heavy atom. The van der Waals surface area contributed by atoms with Gasteiger partial charge in [-0.15, -0.1) is 11.3 Å². The van der Waals surface area contributed by atoms with Crippen molar-refractivity contribution in [2.45, 2.75) is 19.0 Å². The van der Waals surface area contributed by atoms with Gasteiger partial charge in [0.25, 0.3) is 0 Å². The predicted molar refractivity (Wildman–Crippen MR) is 94.9 cm³/mol. The third-order valence-electron chi connectivity index (χ3n) is 4.21. The molecule has 0 saturated carbocycles. The lowest BCUT2D eigenvalue weighted by molar-refractivity contribution is 0.157. The lowest BCUT2D eigenvalue weighted by Gasteiger charge is -2.27. The van der Waals surface area contributed by atoms with Crippen LogP contribution in [0.15, 0.2) is 29.6 Å². The summed E-state index contributed by atoms with van der Waals surface area (Å²) in [4.78, 5) is 13.9. The summed E-state index contributed by atoms with van der Waals surface area (Å²) in [5.74, 6) is 0.0724. The fraction of sp³-hybridized carbons (Fsp3) is 0.438. The molecule has 6 nitrogen and oxygen atoms in total. The number of fused-ring (bicyclic) bond motifs is 1. The molecule has 1 fully saturated rings. The molecule has 2 aromatic rings. The quantitative estimate of drug-likeness (QED) is 0.839. The summed E-state index contributed by atoms with van der Waals surface area (Å²) in [7, 11) is -3.08. The van der Waals surface area contributed by atoms with E-state index < -0.39 is 9.84 Å². The van der Waals surface area contributed by atoms with Gasteiger partial charge in [-0.1, -0.05) is 6.07 Å². The van der Waals surface area contributed by atoms with Crippen molar-refractivity contribution in [2.75, 3.05) is 24.7 Å². The second-order valence-electron chi connectivity index (χ2n) is 5.93. The van der Waals surface area contributed by atoms with Crippen LogP contribution in [0.1, 0.15) is 12.0 Å². The molecule has 0 bridgehead atoms. The molecule has 1 aliphatic rings. The van der Waals surface area contributed by atoms with Crippen LogP contribution in [0.5, 0.6) is 0 Å². The molecule has 2 heterocycles. The number of nitrogens with one attached hydrogen (secondary N) is 1. The predicted octanol–water partition coefficient (Wildman–Crippen LogP) is 1.59. The molecular formula is C16H20N2O4S2. The molecule has 1 atom stereocenters. The highest BCUT2D eigenvalue weighted by Gasteiger charge is 2.34. The van der Waals surface area contributed by atoms with Gasteiger partial charge in [0.05, 0.1) is 18.1 Å². The molecule has 1 saturated heterocycles. The number of carbonyl (C=O) groups excluding carboxylic acids is 1. The summed E-state index contributed by atoms with van der Waals surface area (Å²) >= 11 is 1.67. The molecule has 8 heteroatoms. The fourth-order valence-corrected chi connectivity index (χ4v) is 5.49. The Morgan fingerprint density at radius 1 is 1.38 bits per heavy atom. The second kappa shape index (κ2) is 7.08. The number of aliphatic hydroxyl groups excluding tert-OH is 1. The fourth-order valence-electron chi connectivity index (χ4n) is 2.98. The highest BCUT2D eigenvalue weighted by Crippen LogP contribution is 2.22. The number of hydrogen-bond acceptors (Lipinski definition) is 5. The van der Waals surface area contributed by atoms with Gasteiger partial charge in [-0.3, -0.25) is 0 Å². The number of carbonyl (C=O) groups is 1. The molecule has 3 rings (SSSR count). The average molecular weight is 368 g/mol. The second-order valence-corrected chi connectivity index (χ2v) is 9.10. The SMILES string of the molecule is O=C(NCc1ccc2sccc2c1)N(CCO)[C@H]1CCS(=O)(=O)C1. The van der Waals surface area contributed by atoms with Crippen LogP contribution in [0.2, 0.25) is 0 Å². The maximum atomic E-state index is 12.4. The minimum absolute atomic E-state index is 0.0265. The molecule has 2 amide bonds. The molecule has 0 aliphatic carbocycles. The van der Waals surface area contributed by atoms with E-state index in [1.54, 1.807) is 11.3 Å². The number of amides is 2. The van der Waals surface area contributed by atoms with Gasteiger partial charge in [-0.2, -0.15) is 0 Å². The van der Waals surface area contributed by atoms with Gasteiger partial charge in [0, 0.05) is 23.8 Å². The van der Waals surface area contributed by atoms with Gasteiger partial charge in [0.15, 0.2) is 9.84 Å². The zero-order valence-corrected chi connectivity index (χ0v) is 14.8.